The quantitative estimate of drug-likeness (QED) is 0.655. The van der Waals surface area contributed by atoms with E-state index in [4.69, 9.17) is 5.11 Å². The highest BCUT2D eigenvalue weighted by Gasteiger charge is 2.17. The first kappa shape index (κ1) is 19.3. The lowest BCUT2D eigenvalue weighted by atomic mass is 10.1. The summed E-state index contributed by atoms with van der Waals surface area (Å²) >= 11 is 0. The van der Waals surface area contributed by atoms with Gasteiger partial charge in [0.25, 0.3) is 5.91 Å². The number of nitrogens with zero attached hydrogens (tertiary/aromatic N) is 4. The highest BCUT2D eigenvalue weighted by Crippen LogP contribution is 2.21. The Morgan fingerprint density at radius 2 is 1.93 bits per heavy atom. The van der Waals surface area contributed by atoms with Gasteiger partial charge < -0.3 is 10.4 Å². The van der Waals surface area contributed by atoms with E-state index in [1.165, 1.54) is 10.2 Å². The highest BCUT2D eigenvalue weighted by atomic mass is 16.4. The van der Waals surface area contributed by atoms with Gasteiger partial charge in [0.15, 0.2) is 5.69 Å². The summed E-state index contributed by atoms with van der Waals surface area (Å²) in [5.74, 6) is -1.26. The van der Waals surface area contributed by atoms with E-state index in [1.54, 1.807) is 12.3 Å². The molecule has 0 atom stereocenters. The predicted molar refractivity (Wildman–Crippen MR) is 104 cm³/mol. The maximum absolute atomic E-state index is 12.5. The lowest BCUT2D eigenvalue weighted by molar-refractivity contribution is -0.137. The number of rotatable bonds is 7. The van der Waals surface area contributed by atoms with Crippen molar-refractivity contribution in [1.29, 1.82) is 0 Å². The summed E-state index contributed by atoms with van der Waals surface area (Å²) in [6, 6.07) is 9.79. The number of carbonyl (C=O) groups excluding carboxylic acids is 1. The number of carbonyl (C=O) groups is 2. The first-order valence-electron chi connectivity index (χ1n) is 8.99. The van der Waals surface area contributed by atoms with Crippen LogP contribution in [0.25, 0.3) is 0 Å². The minimum absolute atomic E-state index is 0.0489. The Labute approximate surface area is 162 Å². The van der Waals surface area contributed by atoms with Gasteiger partial charge in [0.2, 0.25) is 0 Å². The number of anilines is 1. The van der Waals surface area contributed by atoms with Crippen molar-refractivity contribution >= 4 is 17.6 Å². The minimum atomic E-state index is -0.909. The number of benzene rings is 1. The molecule has 0 aliphatic heterocycles. The fraction of sp³-hybridized carbons (Fsp3) is 0.300. The molecule has 2 heterocycles. The Morgan fingerprint density at radius 1 is 1.14 bits per heavy atom. The van der Waals surface area contributed by atoms with E-state index in [0.717, 1.165) is 17.0 Å². The summed E-state index contributed by atoms with van der Waals surface area (Å²) < 4.78 is 3.31. The molecular weight excluding hydrogens is 358 g/mol. The maximum atomic E-state index is 12.5. The predicted octanol–water partition coefficient (Wildman–Crippen LogP) is 2.78. The molecule has 8 heteroatoms. The summed E-state index contributed by atoms with van der Waals surface area (Å²) in [5.41, 5.74) is 4.81. The van der Waals surface area contributed by atoms with E-state index >= 15 is 0 Å². The molecule has 0 saturated heterocycles. The molecule has 2 aromatic heterocycles. The second-order valence-corrected chi connectivity index (χ2v) is 6.75. The summed E-state index contributed by atoms with van der Waals surface area (Å²) in [4.78, 5) is 23.2. The Morgan fingerprint density at radius 3 is 2.64 bits per heavy atom. The van der Waals surface area contributed by atoms with Gasteiger partial charge in [-0.3, -0.25) is 19.0 Å². The number of nitrogens with one attached hydrogen (secondary N) is 1. The van der Waals surface area contributed by atoms with Crippen LogP contribution in [0.4, 0.5) is 5.69 Å². The van der Waals surface area contributed by atoms with Gasteiger partial charge in [0, 0.05) is 6.20 Å². The fourth-order valence-electron chi connectivity index (χ4n) is 3.01. The van der Waals surface area contributed by atoms with Crippen molar-refractivity contribution in [1.82, 2.24) is 19.6 Å². The summed E-state index contributed by atoms with van der Waals surface area (Å²) in [6.07, 6.45) is 1.55. The van der Waals surface area contributed by atoms with E-state index in [2.05, 4.69) is 21.6 Å². The van der Waals surface area contributed by atoms with Crippen LogP contribution in [-0.4, -0.2) is 36.5 Å². The lowest BCUT2D eigenvalue weighted by Crippen LogP contribution is -2.15. The van der Waals surface area contributed by atoms with Crippen LogP contribution in [0.5, 0.6) is 0 Å². The van der Waals surface area contributed by atoms with Crippen LogP contribution in [0.15, 0.2) is 36.5 Å². The van der Waals surface area contributed by atoms with Crippen LogP contribution in [-0.2, 0) is 17.9 Å². The van der Waals surface area contributed by atoms with Crippen LogP contribution in [0.1, 0.15) is 39.4 Å². The minimum Gasteiger partial charge on any atom is -0.481 e. The molecule has 3 aromatic rings. The molecule has 1 aromatic carbocycles. The molecule has 8 nitrogen and oxygen atoms in total. The maximum Gasteiger partial charge on any atom is 0.305 e. The first-order chi connectivity index (χ1) is 13.3. The molecule has 1 amide bonds. The largest absolute Gasteiger partial charge is 0.481 e. The van der Waals surface area contributed by atoms with Crippen molar-refractivity contribution < 1.29 is 14.7 Å². The first-order valence-corrected chi connectivity index (χ1v) is 8.99. The molecule has 28 heavy (non-hydrogen) atoms. The zero-order valence-electron chi connectivity index (χ0n) is 16.1. The van der Waals surface area contributed by atoms with E-state index in [1.807, 2.05) is 43.7 Å². The van der Waals surface area contributed by atoms with Crippen LogP contribution in [0.2, 0.25) is 0 Å². The second-order valence-electron chi connectivity index (χ2n) is 6.75. The molecule has 0 radical (unpaired) electrons. The summed E-state index contributed by atoms with van der Waals surface area (Å²) in [5, 5.41) is 20.3. The molecule has 0 unspecified atom stereocenters. The van der Waals surface area contributed by atoms with E-state index in [-0.39, 0.29) is 24.6 Å². The molecule has 0 bridgehead atoms. The van der Waals surface area contributed by atoms with Gasteiger partial charge >= 0.3 is 5.97 Å². The van der Waals surface area contributed by atoms with Crippen LogP contribution < -0.4 is 5.32 Å². The molecule has 0 fully saturated rings. The number of amides is 1. The van der Waals surface area contributed by atoms with Crippen molar-refractivity contribution in [3.8, 4) is 0 Å². The Balaban J connectivity index is 1.73. The van der Waals surface area contributed by atoms with E-state index < -0.39 is 5.97 Å². The van der Waals surface area contributed by atoms with Gasteiger partial charge in [-0.1, -0.05) is 29.8 Å². The topological polar surface area (TPSA) is 102 Å². The van der Waals surface area contributed by atoms with Crippen molar-refractivity contribution in [2.24, 2.45) is 0 Å². The Hall–Kier alpha value is -3.42. The molecule has 0 spiro atoms. The smallest absolute Gasteiger partial charge is 0.305 e. The zero-order valence-corrected chi connectivity index (χ0v) is 16.1. The lowest BCUT2D eigenvalue weighted by Gasteiger charge is -2.07. The highest BCUT2D eigenvalue weighted by molar-refractivity contribution is 6.03. The number of carboxylic acids is 1. The van der Waals surface area contributed by atoms with Crippen molar-refractivity contribution in [3.63, 3.8) is 0 Å². The van der Waals surface area contributed by atoms with Crippen molar-refractivity contribution in [3.05, 3.63) is 64.7 Å². The number of aliphatic carboxylic acids is 1. The van der Waals surface area contributed by atoms with E-state index in [9.17, 15) is 9.59 Å². The normalized spacial score (nSPS) is 10.8. The molecule has 146 valence electrons. The van der Waals surface area contributed by atoms with Crippen LogP contribution >= 0.6 is 0 Å². The monoisotopic (exact) mass is 381 g/mol. The van der Waals surface area contributed by atoms with Gasteiger partial charge in [-0.05, 0) is 32.4 Å². The Kier molecular flexibility index (Phi) is 5.58. The van der Waals surface area contributed by atoms with Crippen LogP contribution in [0, 0.1) is 20.8 Å². The van der Waals surface area contributed by atoms with E-state index in [0.29, 0.717) is 12.2 Å². The van der Waals surface area contributed by atoms with Gasteiger partial charge in [0.1, 0.15) is 0 Å². The third-order valence-corrected chi connectivity index (χ3v) is 4.46. The van der Waals surface area contributed by atoms with Gasteiger partial charge in [-0.15, -0.1) is 0 Å². The molecule has 0 aliphatic carbocycles. The number of hydrogen-bond acceptors (Lipinski definition) is 4. The molecular formula is C20H23N5O3. The number of carboxylic acid groups (broad SMARTS) is 1. The summed E-state index contributed by atoms with van der Waals surface area (Å²) in [7, 11) is 0. The fourth-order valence-corrected chi connectivity index (χ4v) is 3.01. The average molecular weight is 381 g/mol. The summed E-state index contributed by atoms with van der Waals surface area (Å²) in [6.45, 7) is 6.65. The third-order valence-electron chi connectivity index (χ3n) is 4.46. The number of aryl methyl sites for hydroxylation is 3. The SMILES string of the molecule is Cc1cccc(Cn2nc(C)c(NC(=O)c3ccn(CCC(=O)O)n3)c2C)c1. The standard InChI is InChI=1S/C20H23N5O3/c1-13-5-4-6-16(11-13)12-25-15(3)19(14(2)22-25)21-20(28)17-7-9-24(23-17)10-8-18(26)27/h4-7,9,11H,8,10,12H2,1-3H3,(H,21,28)(H,26,27). The molecule has 0 saturated carbocycles. The number of hydrogen-bond donors (Lipinski definition) is 2. The molecule has 2 N–H and O–H groups in total. The zero-order chi connectivity index (χ0) is 20.3. The third kappa shape index (κ3) is 4.46. The van der Waals surface area contributed by atoms with Gasteiger partial charge in [-0.25, -0.2) is 0 Å². The van der Waals surface area contributed by atoms with Gasteiger partial charge in [-0.2, -0.15) is 10.2 Å². The van der Waals surface area contributed by atoms with Crippen LogP contribution in [0.3, 0.4) is 0 Å². The Bertz CT molecular complexity index is 1020. The average Bonchev–Trinajstić information content (AvgIpc) is 3.21. The number of aromatic nitrogens is 4. The van der Waals surface area contributed by atoms with Gasteiger partial charge in [0.05, 0.1) is 36.6 Å². The molecule has 3 rings (SSSR count). The second kappa shape index (κ2) is 8.08. The molecule has 0 aliphatic rings. The van der Waals surface area contributed by atoms with Crippen molar-refractivity contribution in [2.75, 3.05) is 5.32 Å². The van der Waals surface area contributed by atoms with Crippen molar-refractivity contribution in [2.45, 2.75) is 40.3 Å².